The summed E-state index contributed by atoms with van der Waals surface area (Å²) in [5, 5.41) is 9.53. The molecule has 4 nitrogen and oxygen atoms in total. The van der Waals surface area contributed by atoms with Crippen molar-refractivity contribution in [2.24, 2.45) is 0 Å². The first-order chi connectivity index (χ1) is 5.77. The molecule has 1 heterocycles. The number of anilines is 1. The van der Waals surface area contributed by atoms with Crippen molar-refractivity contribution in [3.05, 3.63) is 17.5 Å². The molecule has 0 spiro atoms. The van der Waals surface area contributed by atoms with Crippen molar-refractivity contribution in [2.75, 3.05) is 5.73 Å². The van der Waals surface area contributed by atoms with Gasteiger partial charge in [0.25, 0.3) is 0 Å². The molecule has 0 aromatic carbocycles. The molecule has 0 saturated heterocycles. The van der Waals surface area contributed by atoms with E-state index in [1.807, 2.05) is 0 Å². The van der Waals surface area contributed by atoms with E-state index in [-0.39, 0.29) is 0 Å². The van der Waals surface area contributed by atoms with E-state index in [1.54, 1.807) is 6.20 Å². The van der Waals surface area contributed by atoms with Gasteiger partial charge in [-0.2, -0.15) is 0 Å². The van der Waals surface area contributed by atoms with Crippen LogP contribution in [-0.2, 0) is 6.42 Å². The van der Waals surface area contributed by atoms with Crippen molar-refractivity contribution in [3.63, 3.8) is 0 Å². The highest BCUT2D eigenvalue weighted by atomic mass is 16.3. The van der Waals surface area contributed by atoms with Crippen LogP contribution in [0.1, 0.15) is 30.2 Å². The van der Waals surface area contributed by atoms with Crippen molar-refractivity contribution in [3.8, 4) is 0 Å². The zero-order chi connectivity index (χ0) is 8.55. The van der Waals surface area contributed by atoms with E-state index in [9.17, 15) is 5.11 Å². The van der Waals surface area contributed by atoms with Crippen LogP contribution >= 0.6 is 0 Å². The first kappa shape index (κ1) is 7.49. The molecular weight excluding hydrogens is 154 g/mol. The highest BCUT2D eigenvalue weighted by Gasteiger charge is 2.19. The van der Waals surface area contributed by atoms with Crippen molar-refractivity contribution >= 4 is 5.95 Å². The molecule has 0 radical (unpaired) electrons. The Morgan fingerprint density at radius 3 is 3.25 bits per heavy atom. The third-order valence-electron chi connectivity index (χ3n) is 2.17. The molecule has 0 bridgehead atoms. The molecule has 1 aromatic heterocycles. The number of aliphatic hydroxyl groups is 1. The van der Waals surface area contributed by atoms with Crippen molar-refractivity contribution in [1.82, 2.24) is 9.97 Å². The lowest BCUT2D eigenvalue weighted by molar-refractivity contribution is 0.155. The third-order valence-corrected chi connectivity index (χ3v) is 2.17. The average Bonchev–Trinajstić information content (AvgIpc) is 2.04. The molecule has 0 saturated carbocycles. The molecule has 0 amide bonds. The van der Waals surface area contributed by atoms with Crippen LogP contribution in [0, 0.1) is 0 Å². The van der Waals surface area contributed by atoms with Gasteiger partial charge >= 0.3 is 0 Å². The number of hydrogen-bond acceptors (Lipinski definition) is 4. The quantitative estimate of drug-likeness (QED) is 0.584. The number of nitrogens with two attached hydrogens (primary N) is 1. The second-order valence-electron chi connectivity index (χ2n) is 3.04. The maximum atomic E-state index is 9.53. The first-order valence-corrected chi connectivity index (χ1v) is 4.07. The lowest BCUT2D eigenvalue weighted by atomic mass is 9.95. The summed E-state index contributed by atoms with van der Waals surface area (Å²) in [5.41, 5.74) is 7.17. The van der Waals surface area contributed by atoms with Crippen LogP contribution in [0.2, 0.25) is 0 Å². The Morgan fingerprint density at radius 2 is 2.42 bits per heavy atom. The van der Waals surface area contributed by atoms with E-state index in [1.165, 1.54) is 0 Å². The van der Waals surface area contributed by atoms with Gasteiger partial charge < -0.3 is 10.8 Å². The third kappa shape index (κ3) is 1.14. The van der Waals surface area contributed by atoms with Gasteiger partial charge in [0.05, 0.1) is 11.8 Å². The summed E-state index contributed by atoms with van der Waals surface area (Å²) >= 11 is 0. The molecular formula is C8H11N3O. The number of aliphatic hydroxyl groups excluding tert-OH is 1. The summed E-state index contributed by atoms with van der Waals surface area (Å²) in [6.45, 7) is 0. The minimum atomic E-state index is -0.394. The Balaban J connectivity index is 2.46. The van der Waals surface area contributed by atoms with Crippen LogP contribution in [0.15, 0.2) is 6.20 Å². The van der Waals surface area contributed by atoms with E-state index in [4.69, 9.17) is 5.73 Å². The smallest absolute Gasteiger partial charge is 0.220 e. The standard InChI is InChI=1S/C8H11N3O/c9-8-10-4-5-6(11-8)2-1-3-7(5)12/h4,7,12H,1-3H2,(H2,9,10,11). The molecule has 1 aromatic rings. The molecule has 1 atom stereocenters. The van der Waals surface area contributed by atoms with E-state index in [2.05, 4.69) is 9.97 Å². The van der Waals surface area contributed by atoms with Gasteiger partial charge in [-0.3, -0.25) is 0 Å². The van der Waals surface area contributed by atoms with Crippen LogP contribution < -0.4 is 5.73 Å². The largest absolute Gasteiger partial charge is 0.388 e. The summed E-state index contributed by atoms with van der Waals surface area (Å²) in [4.78, 5) is 7.92. The van der Waals surface area contributed by atoms with Gasteiger partial charge in [-0.05, 0) is 19.3 Å². The molecule has 12 heavy (non-hydrogen) atoms. The monoisotopic (exact) mass is 165 g/mol. The van der Waals surface area contributed by atoms with Crippen LogP contribution in [0.5, 0.6) is 0 Å². The average molecular weight is 165 g/mol. The molecule has 1 unspecified atom stereocenters. The number of nitrogens with zero attached hydrogens (tertiary/aromatic N) is 2. The number of aryl methyl sites for hydroxylation is 1. The fourth-order valence-electron chi connectivity index (χ4n) is 1.54. The lowest BCUT2D eigenvalue weighted by Crippen LogP contribution is -2.13. The van der Waals surface area contributed by atoms with Gasteiger partial charge in [0, 0.05) is 11.8 Å². The SMILES string of the molecule is Nc1ncc2c(n1)CCCC2O. The van der Waals surface area contributed by atoms with Gasteiger partial charge in [0.15, 0.2) is 0 Å². The minimum Gasteiger partial charge on any atom is -0.388 e. The first-order valence-electron chi connectivity index (χ1n) is 4.07. The Hall–Kier alpha value is -1.16. The molecule has 64 valence electrons. The topological polar surface area (TPSA) is 72.0 Å². The van der Waals surface area contributed by atoms with E-state index in [0.29, 0.717) is 5.95 Å². The second kappa shape index (κ2) is 2.71. The predicted octanol–water partition coefficient (Wildman–Crippen LogP) is 0.428. The number of hydrogen-bond donors (Lipinski definition) is 2. The Kier molecular flexibility index (Phi) is 1.69. The Bertz CT molecular complexity index is 300. The van der Waals surface area contributed by atoms with Crippen molar-refractivity contribution in [1.29, 1.82) is 0 Å². The van der Waals surface area contributed by atoms with Gasteiger partial charge in [0.1, 0.15) is 0 Å². The molecule has 3 N–H and O–H groups in total. The fourth-order valence-corrected chi connectivity index (χ4v) is 1.54. The second-order valence-corrected chi connectivity index (χ2v) is 3.04. The summed E-state index contributed by atoms with van der Waals surface area (Å²) in [6, 6.07) is 0. The Labute approximate surface area is 70.5 Å². The Morgan fingerprint density at radius 1 is 1.58 bits per heavy atom. The van der Waals surface area contributed by atoms with Gasteiger partial charge in [-0.25, -0.2) is 9.97 Å². The maximum absolute atomic E-state index is 9.53. The van der Waals surface area contributed by atoms with Crippen LogP contribution in [0.3, 0.4) is 0 Å². The normalized spacial score (nSPS) is 21.9. The molecule has 2 rings (SSSR count). The predicted molar refractivity (Wildman–Crippen MR) is 44.3 cm³/mol. The molecule has 4 heteroatoms. The molecule has 0 aliphatic heterocycles. The minimum absolute atomic E-state index is 0.294. The maximum Gasteiger partial charge on any atom is 0.220 e. The van der Waals surface area contributed by atoms with Crippen molar-refractivity contribution < 1.29 is 5.11 Å². The van der Waals surface area contributed by atoms with Gasteiger partial charge in [0.2, 0.25) is 5.95 Å². The van der Waals surface area contributed by atoms with E-state index < -0.39 is 6.10 Å². The highest BCUT2D eigenvalue weighted by Crippen LogP contribution is 2.27. The highest BCUT2D eigenvalue weighted by molar-refractivity contribution is 5.28. The molecule has 1 aliphatic rings. The number of rotatable bonds is 0. The molecule has 0 fully saturated rings. The number of aromatic nitrogens is 2. The number of nitrogen functional groups attached to an aromatic ring is 1. The zero-order valence-electron chi connectivity index (χ0n) is 6.70. The number of fused-ring (bicyclic) bond motifs is 1. The van der Waals surface area contributed by atoms with Crippen LogP contribution in [0.4, 0.5) is 5.95 Å². The van der Waals surface area contributed by atoms with Crippen LogP contribution in [-0.4, -0.2) is 15.1 Å². The summed E-state index contributed by atoms with van der Waals surface area (Å²) < 4.78 is 0. The van der Waals surface area contributed by atoms with Gasteiger partial charge in [-0.15, -0.1) is 0 Å². The van der Waals surface area contributed by atoms with E-state index in [0.717, 1.165) is 30.5 Å². The van der Waals surface area contributed by atoms with Crippen molar-refractivity contribution in [2.45, 2.75) is 25.4 Å². The summed E-state index contributed by atoms with van der Waals surface area (Å²) in [7, 11) is 0. The zero-order valence-corrected chi connectivity index (χ0v) is 6.70. The van der Waals surface area contributed by atoms with E-state index >= 15 is 0 Å². The van der Waals surface area contributed by atoms with Gasteiger partial charge in [-0.1, -0.05) is 0 Å². The summed E-state index contributed by atoms with van der Waals surface area (Å²) in [6.07, 6.45) is 3.92. The molecule has 1 aliphatic carbocycles. The lowest BCUT2D eigenvalue weighted by Gasteiger charge is -2.19. The van der Waals surface area contributed by atoms with Crippen LogP contribution in [0.25, 0.3) is 0 Å². The summed E-state index contributed by atoms with van der Waals surface area (Å²) in [5.74, 6) is 0.294. The fraction of sp³-hybridized carbons (Fsp3) is 0.500.